The lowest BCUT2D eigenvalue weighted by Gasteiger charge is -2.30. The van der Waals surface area contributed by atoms with E-state index in [1.807, 2.05) is 6.92 Å². The van der Waals surface area contributed by atoms with E-state index in [0.29, 0.717) is 6.61 Å². The molecule has 7 nitrogen and oxygen atoms in total. The maximum absolute atomic E-state index is 11.2. The van der Waals surface area contributed by atoms with E-state index in [1.165, 1.54) is 6.92 Å². The predicted molar refractivity (Wildman–Crippen MR) is 99.5 cm³/mol. The number of hydrogen-bond acceptors (Lipinski definition) is 7. The fourth-order valence-corrected chi connectivity index (χ4v) is 2.40. The molecule has 1 fully saturated rings. The summed E-state index contributed by atoms with van der Waals surface area (Å²) in [7, 11) is 0. The topological polar surface area (TPSA) is 99.1 Å². The molecule has 0 aromatic carbocycles. The lowest BCUT2D eigenvalue weighted by Crippen LogP contribution is -2.35. The van der Waals surface area contributed by atoms with Gasteiger partial charge in [-0.05, 0) is 39.5 Å². The lowest BCUT2D eigenvalue weighted by atomic mass is 9.97. The van der Waals surface area contributed by atoms with Gasteiger partial charge in [-0.3, -0.25) is 4.79 Å². The lowest BCUT2D eigenvalue weighted by molar-refractivity contribution is -0.201. The highest BCUT2D eigenvalue weighted by molar-refractivity contribution is 6.32. The molecule has 2 aliphatic rings. The molecule has 0 aromatic heterocycles. The van der Waals surface area contributed by atoms with Crippen LogP contribution in [0.1, 0.15) is 59.8 Å². The number of hydrogen-bond donors (Lipinski definition) is 1. The zero-order valence-electron chi connectivity index (χ0n) is 16.6. The van der Waals surface area contributed by atoms with Crippen molar-refractivity contribution in [1.29, 1.82) is 0 Å². The third kappa shape index (κ3) is 8.85. The standard InChI is InChI=1S/C9H12O3.C6H10O.C5H8O3/c1-6-7-4-3-5-11-9(7,2)12-8(6)10;1-2-3-4-5-6-7;1-3-8-5(7)4(2)6/h3-5H2,1-2H3;1,7H,3-6H2;3H2,1-2H3/t9-;;/m0../s1. The van der Waals surface area contributed by atoms with Crippen molar-refractivity contribution < 1.29 is 33.7 Å². The molecule has 1 saturated heterocycles. The summed E-state index contributed by atoms with van der Waals surface area (Å²) in [6.07, 6.45) is 9.43. The number of esters is 2. The van der Waals surface area contributed by atoms with Crippen molar-refractivity contribution in [2.75, 3.05) is 19.8 Å². The summed E-state index contributed by atoms with van der Waals surface area (Å²) < 4.78 is 14.9. The van der Waals surface area contributed by atoms with Crippen molar-refractivity contribution >= 4 is 17.7 Å². The van der Waals surface area contributed by atoms with Crippen LogP contribution in [0.5, 0.6) is 0 Å². The first-order valence-electron chi connectivity index (χ1n) is 9.03. The predicted octanol–water partition coefficient (Wildman–Crippen LogP) is 2.31. The molecule has 7 heteroatoms. The Morgan fingerprint density at radius 2 is 2.04 bits per heavy atom. The van der Waals surface area contributed by atoms with E-state index in [-0.39, 0.29) is 19.2 Å². The molecule has 152 valence electrons. The average molecular weight is 382 g/mol. The number of fused-ring (bicyclic) bond motifs is 1. The number of rotatable bonds is 5. The maximum Gasteiger partial charge on any atom is 0.374 e. The third-order valence-electron chi connectivity index (χ3n) is 3.84. The van der Waals surface area contributed by atoms with Crippen LogP contribution >= 0.6 is 0 Å². The molecule has 2 rings (SSSR count). The summed E-state index contributed by atoms with van der Waals surface area (Å²) in [6, 6.07) is 0. The zero-order chi connectivity index (χ0) is 20.9. The van der Waals surface area contributed by atoms with Crippen LogP contribution in [-0.2, 0) is 28.6 Å². The van der Waals surface area contributed by atoms with Crippen molar-refractivity contribution in [3.63, 3.8) is 0 Å². The van der Waals surface area contributed by atoms with Gasteiger partial charge in [0.15, 0.2) is 0 Å². The van der Waals surface area contributed by atoms with Gasteiger partial charge in [0, 0.05) is 38.0 Å². The van der Waals surface area contributed by atoms with E-state index in [9.17, 15) is 14.4 Å². The second kappa shape index (κ2) is 13.1. The van der Waals surface area contributed by atoms with Crippen LogP contribution in [0.4, 0.5) is 0 Å². The van der Waals surface area contributed by atoms with Gasteiger partial charge in [-0.25, -0.2) is 9.59 Å². The van der Waals surface area contributed by atoms with Gasteiger partial charge >= 0.3 is 11.9 Å². The van der Waals surface area contributed by atoms with Crippen LogP contribution in [0.15, 0.2) is 11.1 Å². The highest BCUT2D eigenvalue weighted by Gasteiger charge is 2.44. The Kier molecular flexibility index (Phi) is 12.0. The summed E-state index contributed by atoms with van der Waals surface area (Å²) in [6.45, 7) is 7.66. The zero-order valence-corrected chi connectivity index (χ0v) is 16.6. The third-order valence-corrected chi connectivity index (χ3v) is 3.84. The number of Topliss-reactive ketones (excluding diaryl/α,β-unsaturated/α-hetero) is 1. The maximum atomic E-state index is 11.2. The molecule has 0 unspecified atom stereocenters. The van der Waals surface area contributed by atoms with Gasteiger partial charge in [-0.2, -0.15) is 0 Å². The van der Waals surface area contributed by atoms with Gasteiger partial charge < -0.3 is 19.3 Å². The Balaban J connectivity index is 0.000000399. The van der Waals surface area contributed by atoms with E-state index < -0.39 is 17.5 Å². The number of ether oxygens (including phenoxy) is 3. The summed E-state index contributed by atoms with van der Waals surface area (Å²) in [5.41, 5.74) is 1.76. The second-order valence-electron chi connectivity index (χ2n) is 6.05. The summed E-state index contributed by atoms with van der Waals surface area (Å²) in [5, 5.41) is 8.22. The van der Waals surface area contributed by atoms with E-state index in [2.05, 4.69) is 10.7 Å². The van der Waals surface area contributed by atoms with Crippen molar-refractivity contribution in [3.05, 3.63) is 11.1 Å². The van der Waals surface area contributed by atoms with Gasteiger partial charge in [0.1, 0.15) is 0 Å². The SMILES string of the molecule is C#CCCCCO.CC1=C2CCCO[C@@]2(C)OC1=O.CCOC(=O)C(C)=O. The Bertz CT molecular complexity index is 586. The quantitative estimate of drug-likeness (QED) is 0.337. The molecule has 27 heavy (non-hydrogen) atoms. The van der Waals surface area contributed by atoms with E-state index in [4.69, 9.17) is 21.0 Å². The van der Waals surface area contributed by atoms with Crippen LogP contribution in [0, 0.1) is 12.3 Å². The summed E-state index contributed by atoms with van der Waals surface area (Å²) >= 11 is 0. The van der Waals surface area contributed by atoms with Crippen molar-refractivity contribution in [1.82, 2.24) is 0 Å². The number of terminal acetylenes is 1. The highest BCUT2D eigenvalue weighted by Crippen LogP contribution is 2.39. The molecule has 0 saturated carbocycles. The largest absolute Gasteiger partial charge is 0.460 e. The first-order chi connectivity index (χ1) is 12.7. The Morgan fingerprint density at radius 3 is 2.48 bits per heavy atom. The molecular weight excluding hydrogens is 352 g/mol. The summed E-state index contributed by atoms with van der Waals surface area (Å²) in [4.78, 5) is 31.4. The summed E-state index contributed by atoms with van der Waals surface area (Å²) in [5.74, 6) is 0.221. The van der Waals surface area contributed by atoms with Crippen LogP contribution in [0.3, 0.4) is 0 Å². The minimum Gasteiger partial charge on any atom is -0.460 e. The van der Waals surface area contributed by atoms with Crippen LogP contribution < -0.4 is 0 Å². The average Bonchev–Trinajstić information content (AvgIpc) is 2.86. The van der Waals surface area contributed by atoms with E-state index >= 15 is 0 Å². The van der Waals surface area contributed by atoms with Gasteiger partial charge in [0.25, 0.3) is 0 Å². The fraction of sp³-hybridized carbons (Fsp3) is 0.650. The first kappa shape index (κ1) is 24.8. The van der Waals surface area contributed by atoms with Crippen molar-refractivity contribution in [2.45, 2.75) is 65.6 Å². The number of ketones is 1. The minimum atomic E-state index is -0.757. The highest BCUT2D eigenvalue weighted by atomic mass is 16.7. The van der Waals surface area contributed by atoms with Crippen LogP contribution in [0.2, 0.25) is 0 Å². The van der Waals surface area contributed by atoms with E-state index in [1.54, 1.807) is 13.8 Å². The van der Waals surface area contributed by atoms with Gasteiger partial charge in [-0.1, -0.05) is 0 Å². The van der Waals surface area contributed by atoms with Gasteiger partial charge in [0.2, 0.25) is 11.6 Å². The fourth-order valence-electron chi connectivity index (χ4n) is 2.40. The second-order valence-corrected chi connectivity index (χ2v) is 6.05. The monoisotopic (exact) mass is 382 g/mol. The molecule has 0 radical (unpaired) electrons. The van der Waals surface area contributed by atoms with Crippen molar-refractivity contribution in [3.8, 4) is 12.3 Å². The molecular formula is C20H30O7. The number of aliphatic hydroxyl groups is 1. The molecule has 0 aliphatic carbocycles. The Hall–Kier alpha value is -2.17. The number of carbonyl (C=O) groups is 3. The molecule has 1 N–H and O–H groups in total. The van der Waals surface area contributed by atoms with Crippen LogP contribution in [-0.4, -0.2) is 48.4 Å². The Morgan fingerprint density at radius 1 is 1.37 bits per heavy atom. The smallest absolute Gasteiger partial charge is 0.374 e. The normalized spacial score (nSPS) is 20.1. The molecule has 2 aliphatic heterocycles. The first-order valence-corrected chi connectivity index (χ1v) is 9.03. The molecule has 0 spiro atoms. The number of carbonyl (C=O) groups excluding carboxylic acids is 3. The van der Waals surface area contributed by atoms with Crippen molar-refractivity contribution in [2.24, 2.45) is 0 Å². The molecule has 0 amide bonds. The van der Waals surface area contributed by atoms with Gasteiger partial charge in [-0.15, -0.1) is 12.3 Å². The molecule has 0 aromatic rings. The van der Waals surface area contributed by atoms with E-state index in [0.717, 1.165) is 43.3 Å². The number of unbranched alkanes of at least 4 members (excludes halogenated alkanes) is 2. The Labute approximate surface area is 161 Å². The van der Waals surface area contributed by atoms with Gasteiger partial charge in [0.05, 0.1) is 13.2 Å². The number of aliphatic hydroxyl groups excluding tert-OH is 1. The molecule has 2 heterocycles. The minimum absolute atomic E-state index is 0.227. The molecule has 0 bridgehead atoms. The molecule has 1 atom stereocenters. The van der Waals surface area contributed by atoms with Crippen LogP contribution in [0.25, 0.3) is 0 Å².